The van der Waals surface area contributed by atoms with Crippen LogP contribution in [0, 0.1) is 0 Å². The Morgan fingerprint density at radius 3 is 2.08 bits per heavy atom. The molecule has 0 aliphatic rings. The predicted octanol–water partition coefficient (Wildman–Crippen LogP) is 1.33. The lowest BCUT2D eigenvalue weighted by Crippen LogP contribution is -2.20. The summed E-state index contributed by atoms with van der Waals surface area (Å²) in [6, 6.07) is 12.7. The SMILES string of the molecule is CNS(=O)(=O)c1ccc(/C(C)=N\NC(=O)c2ccc(N)cc2)cc1. The van der Waals surface area contributed by atoms with Crippen LogP contribution in [0.25, 0.3) is 0 Å². The van der Waals surface area contributed by atoms with E-state index < -0.39 is 10.0 Å². The van der Waals surface area contributed by atoms with E-state index in [2.05, 4.69) is 15.2 Å². The molecular weight excluding hydrogens is 328 g/mol. The molecule has 4 N–H and O–H groups in total. The number of hydrazone groups is 1. The molecule has 1 amide bonds. The molecule has 0 unspecified atom stereocenters. The number of hydrogen-bond donors (Lipinski definition) is 3. The van der Waals surface area contributed by atoms with Crippen LogP contribution < -0.4 is 15.9 Å². The van der Waals surface area contributed by atoms with E-state index in [-0.39, 0.29) is 10.8 Å². The lowest BCUT2D eigenvalue weighted by Gasteiger charge is -2.05. The molecule has 0 fully saturated rings. The highest BCUT2D eigenvalue weighted by Crippen LogP contribution is 2.11. The number of nitrogens with one attached hydrogen (secondary N) is 2. The Hall–Kier alpha value is -2.71. The maximum absolute atomic E-state index is 12.0. The second-order valence-electron chi connectivity index (χ2n) is 4.99. The summed E-state index contributed by atoms with van der Waals surface area (Å²) in [6.45, 7) is 1.71. The Bertz CT molecular complexity index is 857. The molecule has 126 valence electrons. The third-order valence-corrected chi connectivity index (χ3v) is 4.78. The van der Waals surface area contributed by atoms with E-state index in [9.17, 15) is 13.2 Å². The second-order valence-corrected chi connectivity index (χ2v) is 6.88. The third kappa shape index (κ3) is 4.18. The van der Waals surface area contributed by atoms with Crippen molar-refractivity contribution in [2.75, 3.05) is 12.8 Å². The van der Waals surface area contributed by atoms with Gasteiger partial charge in [0.25, 0.3) is 5.91 Å². The van der Waals surface area contributed by atoms with E-state index in [0.717, 1.165) is 0 Å². The molecule has 0 saturated carbocycles. The Labute approximate surface area is 140 Å². The summed E-state index contributed by atoms with van der Waals surface area (Å²) in [5, 5.41) is 4.03. The van der Waals surface area contributed by atoms with Crippen molar-refractivity contribution in [1.29, 1.82) is 0 Å². The first-order chi connectivity index (χ1) is 11.3. The van der Waals surface area contributed by atoms with Gasteiger partial charge in [-0.05, 0) is 55.9 Å². The topological polar surface area (TPSA) is 114 Å². The van der Waals surface area contributed by atoms with E-state index in [1.165, 1.54) is 19.2 Å². The van der Waals surface area contributed by atoms with Crippen molar-refractivity contribution < 1.29 is 13.2 Å². The van der Waals surface area contributed by atoms with Gasteiger partial charge in [-0.2, -0.15) is 5.10 Å². The van der Waals surface area contributed by atoms with Crippen molar-refractivity contribution >= 4 is 27.3 Å². The number of nitrogens with two attached hydrogens (primary N) is 1. The van der Waals surface area contributed by atoms with Gasteiger partial charge in [0, 0.05) is 11.3 Å². The Balaban J connectivity index is 2.10. The van der Waals surface area contributed by atoms with Crippen LogP contribution in [0.2, 0.25) is 0 Å². The minimum atomic E-state index is -3.48. The maximum Gasteiger partial charge on any atom is 0.271 e. The number of benzene rings is 2. The first-order valence-corrected chi connectivity index (χ1v) is 8.56. The fourth-order valence-electron chi connectivity index (χ4n) is 1.89. The van der Waals surface area contributed by atoms with Crippen molar-refractivity contribution in [2.24, 2.45) is 5.10 Å². The van der Waals surface area contributed by atoms with Gasteiger partial charge in [0.1, 0.15) is 0 Å². The van der Waals surface area contributed by atoms with Crippen molar-refractivity contribution in [3.63, 3.8) is 0 Å². The van der Waals surface area contributed by atoms with Crippen LogP contribution in [-0.2, 0) is 10.0 Å². The summed E-state index contributed by atoms with van der Waals surface area (Å²) in [6.07, 6.45) is 0. The van der Waals surface area contributed by atoms with Crippen LogP contribution >= 0.6 is 0 Å². The summed E-state index contributed by atoms with van der Waals surface area (Å²) >= 11 is 0. The summed E-state index contributed by atoms with van der Waals surface area (Å²) in [5.41, 5.74) is 10.3. The average molecular weight is 346 g/mol. The molecule has 0 atom stereocenters. The normalized spacial score (nSPS) is 12.0. The molecule has 0 aromatic heterocycles. The number of hydrogen-bond acceptors (Lipinski definition) is 5. The number of amides is 1. The van der Waals surface area contributed by atoms with Gasteiger partial charge in [-0.25, -0.2) is 18.6 Å². The van der Waals surface area contributed by atoms with E-state index in [0.29, 0.717) is 22.5 Å². The zero-order valence-corrected chi connectivity index (χ0v) is 14.1. The van der Waals surface area contributed by atoms with Crippen molar-refractivity contribution in [1.82, 2.24) is 10.1 Å². The number of rotatable bonds is 5. The van der Waals surface area contributed by atoms with Gasteiger partial charge in [-0.15, -0.1) is 0 Å². The summed E-state index contributed by atoms with van der Waals surface area (Å²) in [4.78, 5) is 12.1. The summed E-state index contributed by atoms with van der Waals surface area (Å²) in [7, 11) is -2.13. The highest BCUT2D eigenvalue weighted by Gasteiger charge is 2.11. The molecule has 2 aromatic carbocycles. The van der Waals surface area contributed by atoms with Crippen LogP contribution in [0.5, 0.6) is 0 Å². The average Bonchev–Trinajstić information content (AvgIpc) is 2.60. The minimum absolute atomic E-state index is 0.160. The van der Waals surface area contributed by atoms with E-state index in [4.69, 9.17) is 5.73 Å². The molecule has 0 heterocycles. The van der Waals surface area contributed by atoms with E-state index in [1.54, 1.807) is 43.3 Å². The molecule has 8 heteroatoms. The standard InChI is InChI=1S/C16H18N4O3S/c1-11(12-5-9-15(10-6-12)24(22,23)18-2)19-20-16(21)13-3-7-14(17)8-4-13/h3-10,18H,17H2,1-2H3,(H,20,21)/b19-11-. The molecule has 0 radical (unpaired) electrons. The number of anilines is 1. The lowest BCUT2D eigenvalue weighted by molar-refractivity contribution is 0.0955. The summed E-state index contributed by atoms with van der Waals surface area (Å²) in [5.74, 6) is -0.358. The molecule has 0 saturated heterocycles. The predicted molar refractivity (Wildman–Crippen MR) is 93.2 cm³/mol. The highest BCUT2D eigenvalue weighted by atomic mass is 32.2. The first-order valence-electron chi connectivity index (χ1n) is 7.07. The number of carbonyl (C=O) groups excluding carboxylic acids is 1. The lowest BCUT2D eigenvalue weighted by atomic mass is 10.1. The largest absolute Gasteiger partial charge is 0.399 e. The van der Waals surface area contributed by atoms with Crippen LogP contribution in [0.15, 0.2) is 58.5 Å². The number of nitrogens with zero attached hydrogens (tertiary/aromatic N) is 1. The smallest absolute Gasteiger partial charge is 0.271 e. The quantitative estimate of drug-likeness (QED) is 0.430. The monoisotopic (exact) mass is 346 g/mol. The zero-order valence-electron chi connectivity index (χ0n) is 13.3. The maximum atomic E-state index is 12.0. The van der Waals surface area contributed by atoms with Crippen molar-refractivity contribution in [2.45, 2.75) is 11.8 Å². The van der Waals surface area contributed by atoms with Crippen LogP contribution in [-0.4, -0.2) is 27.1 Å². The van der Waals surface area contributed by atoms with Crippen molar-refractivity contribution in [3.8, 4) is 0 Å². The molecule has 0 aliphatic carbocycles. The Kier molecular flexibility index (Phi) is 5.32. The molecular formula is C16H18N4O3S. The molecule has 24 heavy (non-hydrogen) atoms. The van der Waals surface area contributed by atoms with Crippen LogP contribution in [0.1, 0.15) is 22.8 Å². The number of carbonyl (C=O) groups is 1. The highest BCUT2D eigenvalue weighted by molar-refractivity contribution is 7.89. The third-order valence-electron chi connectivity index (χ3n) is 3.35. The molecule has 7 nitrogen and oxygen atoms in total. The van der Waals surface area contributed by atoms with Gasteiger partial charge in [0.05, 0.1) is 10.6 Å². The van der Waals surface area contributed by atoms with E-state index >= 15 is 0 Å². The van der Waals surface area contributed by atoms with Gasteiger partial charge in [0.2, 0.25) is 10.0 Å². The van der Waals surface area contributed by atoms with Crippen LogP contribution in [0.3, 0.4) is 0 Å². The molecule has 2 rings (SSSR count). The van der Waals surface area contributed by atoms with Gasteiger partial charge >= 0.3 is 0 Å². The molecule has 0 spiro atoms. The molecule has 0 aliphatic heterocycles. The molecule has 0 bridgehead atoms. The van der Waals surface area contributed by atoms with Crippen LogP contribution in [0.4, 0.5) is 5.69 Å². The van der Waals surface area contributed by atoms with Gasteiger partial charge < -0.3 is 5.73 Å². The first kappa shape index (κ1) is 17.6. The fraction of sp³-hybridized carbons (Fsp3) is 0.125. The zero-order chi connectivity index (χ0) is 17.7. The van der Waals surface area contributed by atoms with Crippen molar-refractivity contribution in [3.05, 3.63) is 59.7 Å². The number of sulfonamides is 1. The minimum Gasteiger partial charge on any atom is -0.399 e. The summed E-state index contributed by atoms with van der Waals surface area (Å²) < 4.78 is 25.6. The molecule has 2 aromatic rings. The van der Waals surface area contributed by atoms with Gasteiger partial charge in [-0.1, -0.05) is 12.1 Å². The van der Waals surface area contributed by atoms with Gasteiger partial charge in [0.15, 0.2) is 0 Å². The second kappa shape index (κ2) is 7.24. The number of nitrogen functional groups attached to an aromatic ring is 1. The Morgan fingerprint density at radius 1 is 1.00 bits per heavy atom. The fourth-order valence-corrected chi connectivity index (χ4v) is 2.62. The van der Waals surface area contributed by atoms with E-state index in [1.807, 2.05) is 0 Å². The Morgan fingerprint density at radius 2 is 1.54 bits per heavy atom. The van der Waals surface area contributed by atoms with Gasteiger partial charge in [-0.3, -0.25) is 4.79 Å².